The lowest BCUT2D eigenvalue weighted by Crippen LogP contribution is -2.23. The van der Waals surface area contributed by atoms with E-state index in [4.69, 9.17) is 0 Å². The normalized spacial score (nSPS) is 17.8. The van der Waals surface area contributed by atoms with Crippen LogP contribution >= 0.6 is 15.9 Å². The lowest BCUT2D eigenvalue weighted by molar-refractivity contribution is 0.494. The molecule has 82 valence electrons. The molecule has 0 saturated heterocycles. The summed E-state index contributed by atoms with van der Waals surface area (Å²) in [5.74, 6) is 0.850. The summed E-state index contributed by atoms with van der Waals surface area (Å²) >= 11 is 3.71. The smallest absolute Gasteiger partial charge is 0.0359 e. The molecule has 2 rings (SSSR count). The van der Waals surface area contributed by atoms with Gasteiger partial charge in [-0.25, -0.2) is 0 Å². The van der Waals surface area contributed by atoms with Crippen molar-refractivity contribution in [2.24, 2.45) is 5.92 Å². The molecule has 0 amide bonds. The Morgan fingerprint density at radius 3 is 2.80 bits per heavy atom. The van der Waals surface area contributed by atoms with Gasteiger partial charge in [0.1, 0.15) is 0 Å². The van der Waals surface area contributed by atoms with E-state index in [9.17, 15) is 0 Å². The zero-order valence-electron chi connectivity index (χ0n) is 9.39. The van der Waals surface area contributed by atoms with Gasteiger partial charge in [0.25, 0.3) is 0 Å². The van der Waals surface area contributed by atoms with Crippen molar-refractivity contribution >= 4 is 15.9 Å². The Morgan fingerprint density at radius 2 is 2.20 bits per heavy atom. The van der Waals surface area contributed by atoms with Gasteiger partial charge in [0.2, 0.25) is 0 Å². The minimum Gasteiger partial charge on any atom is -0.310 e. The van der Waals surface area contributed by atoms with E-state index in [2.05, 4.69) is 53.3 Å². The fourth-order valence-corrected chi connectivity index (χ4v) is 2.60. The predicted octanol–water partition coefficient (Wildman–Crippen LogP) is 3.82. The first-order valence-electron chi connectivity index (χ1n) is 5.72. The molecule has 1 aliphatic carbocycles. The number of hydrogen-bond donors (Lipinski definition) is 1. The van der Waals surface area contributed by atoms with Crippen molar-refractivity contribution in [3.63, 3.8) is 0 Å². The Labute approximate surface area is 100 Å². The van der Waals surface area contributed by atoms with Crippen LogP contribution in [-0.2, 0) is 0 Å². The number of rotatable bonds is 4. The van der Waals surface area contributed by atoms with Crippen LogP contribution in [-0.4, -0.2) is 6.54 Å². The van der Waals surface area contributed by atoms with Crippen molar-refractivity contribution < 1.29 is 0 Å². The van der Waals surface area contributed by atoms with Crippen molar-refractivity contribution in [2.75, 3.05) is 6.54 Å². The first kappa shape index (κ1) is 11.2. The van der Waals surface area contributed by atoms with Crippen molar-refractivity contribution in [3.05, 3.63) is 33.8 Å². The molecule has 1 fully saturated rings. The molecule has 0 heterocycles. The largest absolute Gasteiger partial charge is 0.310 e. The molecule has 1 aromatic rings. The highest BCUT2D eigenvalue weighted by molar-refractivity contribution is 9.10. The Morgan fingerprint density at radius 1 is 1.47 bits per heavy atom. The topological polar surface area (TPSA) is 12.0 Å². The maximum Gasteiger partial charge on any atom is 0.0359 e. The van der Waals surface area contributed by atoms with Gasteiger partial charge < -0.3 is 5.32 Å². The van der Waals surface area contributed by atoms with Crippen LogP contribution in [0.15, 0.2) is 22.7 Å². The highest BCUT2D eigenvalue weighted by Crippen LogP contribution is 2.43. The summed E-state index contributed by atoms with van der Waals surface area (Å²) < 4.78 is 1.28. The lowest BCUT2D eigenvalue weighted by Gasteiger charge is -2.20. The summed E-state index contributed by atoms with van der Waals surface area (Å²) in [4.78, 5) is 0. The number of halogens is 1. The van der Waals surface area contributed by atoms with E-state index in [0.29, 0.717) is 6.04 Å². The molecule has 1 atom stereocenters. The van der Waals surface area contributed by atoms with Crippen LogP contribution in [0.3, 0.4) is 0 Å². The van der Waals surface area contributed by atoms with Gasteiger partial charge in [-0.1, -0.05) is 41.1 Å². The first-order valence-corrected chi connectivity index (χ1v) is 6.51. The van der Waals surface area contributed by atoms with Crippen LogP contribution in [0.1, 0.15) is 36.9 Å². The Kier molecular flexibility index (Phi) is 3.47. The summed E-state index contributed by atoms with van der Waals surface area (Å²) in [6, 6.07) is 7.10. The van der Waals surface area contributed by atoms with Gasteiger partial charge in [-0.15, -0.1) is 0 Å². The van der Waals surface area contributed by atoms with E-state index in [1.165, 1.54) is 28.4 Å². The quantitative estimate of drug-likeness (QED) is 0.875. The summed E-state index contributed by atoms with van der Waals surface area (Å²) in [5, 5.41) is 3.60. The molecule has 15 heavy (non-hydrogen) atoms. The van der Waals surface area contributed by atoms with Crippen LogP contribution in [0.5, 0.6) is 0 Å². The molecule has 1 aliphatic rings. The predicted molar refractivity (Wildman–Crippen MR) is 68.0 cm³/mol. The van der Waals surface area contributed by atoms with Crippen LogP contribution < -0.4 is 5.32 Å². The zero-order valence-corrected chi connectivity index (χ0v) is 11.0. The minimum absolute atomic E-state index is 0.546. The van der Waals surface area contributed by atoms with Crippen LogP contribution in [0.2, 0.25) is 0 Å². The van der Waals surface area contributed by atoms with Gasteiger partial charge in [-0.2, -0.15) is 0 Å². The third-order valence-corrected chi connectivity index (χ3v) is 4.16. The molecule has 0 bridgehead atoms. The molecule has 1 aromatic carbocycles. The van der Waals surface area contributed by atoms with Crippen molar-refractivity contribution in [1.29, 1.82) is 0 Å². The number of aryl methyl sites for hydroxylation is 1. The Balaban J connectivity index is 2.28. The molecule has 0 aromatic heterocycles. The van der Waals surface area contributed by atoms with Gasteiger partial charge in [-0.05, 0) is 43.4 Å². The zero-order chi connectivity index (χ0) is 10.8. The van der Waals surface area contributed by atoms with E-state index in [0.717, 1.165) is 12.5 Å². The molecule has 1 nitrogen and oxygen atoms in total. The van der Waals surface area contributed by atoms with E-state index >= 15 is 0 Å². The molecule has 1 unspecified atom stereocenters. The van der Waals surface area contributed by atoms with Crippen LogP contribution in [0.4, 0.5) is 0 Å². The van der Waals surface area contributed by atoms with Gasteiger partial charge in [-0.3, -0.25) is 0 Å². The molecule has 1 N–H and O–H groups in total. The first-order chi connectivity index (χ1) is 7.24. The minimum atomic E-state index is 0.546. The summed E-state index contributed by atoms with van der Waals surface area (Å²) in [7, 11) is 0. The Hall–Kier alpha value is -0.340. The third-order valence-electron chi connectivity index (χ3n) is 3.07. The number of nitrogens with one attached hydrogen (secondary N) is 1. The van der Waals surface area contributed by atoms with E-state index < -0.39 is 0 Å². The van der Waals surface area contributed by atoms with Gasteiger partial charge in [0, 0.05) is 10.5 Å². The number of benzene rings is 1. The number of hydrogen-bond acceptors (Lipinski definition) is 1. The summed E-state index contributed by atoms with van der Waals surface area (Å²) in [6.45, 7) is 5.38. The maximum atomic E-state index is 3.71. The standard InChI is InChI=1S/C13H18BrN/c1-3-15-13(10-7-8-10)11-6-4-5-9(2)12(11)14/h4-6,10,13,15H,3,7-8H2,1-2H3. The molecule has 1 saturated carbocycles. The van der Waals surface area contributed by atoms with Crippen molar-refractivity contribution in [3.8, 4) is 0 Å². The molecule has 0 spiro atoms. The molecule has 0 aliphatic heterocycles. The van der Waals surface area contributed by atoms with Gasteiger partial charge >= 0.3 is 0 Å². The van der Waals surface area contributed by atoms with Crippen molar-refractivity contribution in [1.82, 2.24) is 5.32 Å². The fourth-order valence-electron chi connectivity index (χ4n) is 2.09. The summed E-state index contributed by atoms with van der Waals surface area (Å²) in [5.41, 5.74) is 2.76. The average Bonchev–Trinajstić information content (AvgIpc) is 3.03. The van der Waals surface area contributed by atoms with E-state index in [1.807, 2.05) is 0 Å². The molecule has 0 radical (unpaired) electrons. The van der Waals surface area contributed by atoms with E-state index in [1.54, 1.807) is 0 Å². The highest BCUT2D eigenvalue weighted by atomic mass is 79.9. The van der Waals surface area contributed by atoms with Crippen molar-refractivity contribution in [2.45, 2.75) is 32.7 Å². The Bertz CT molecular complexity index is 344. The SMILES string of the molecule is CCNC(c1cccc(C)c1Br)C1CC1. The highest BCUT2D eigenvalue weighted by Gasteiger charge is 2.32. The average molecular weight is 268 g/mol. The van der Waals surface area contributed by atoms with Gasteiger partial charge in [0.15, 0.2) is 0 Å². The lowest BCUT2D eigenvalue weighted by atomic mass is 10.0. The maximum absolute atomic E-state index is 3.71. The van der Waals surface area contributed by atoms with Crippen LogP contribution in [0.25, 0.3) is 0 Å². The van der Waals surface area contributed by atoms with Gasteiger partial charge in [0.05, 0.1) is 0 Å². The molecule has 2 heteroatoms. The fraction of sp³-hybridized carbons (Fsp3) is 0.538. The second-order valence-electron chi connectivity index (χ2n) is 4.35. The van der Waals surface area contributed by atoms with E-state index in [-0.39, 0.29) is 0 Å². The monoisotopic (exact) mass is 267 g/mol. The third kappa shape index (κ3) is 2.43. The molecular formula is C13H18BrN. The van der Waals surface area contributed by atoms with Crippen LogP contribution in [0, 0.1) is 12.8 Å². The second kappa shape index (κ2) is 4.67. The molecular weight excluding hydrogens is 250 g/mol. The second-order valence-corrected chi connectivity index (χ2v) is 5.14. The summed E-state index contributed by atoms with van der Waals surface area (Å²) in [6.07, 6.45) is 2.75.